The van der Waals surface area contributed by atoms with E-state index in [1.165, 1.54) is 12.8 Å². The van der Waals surface area contributed by atoms with Crippen LogP contribution in [0.25, 0.3) is 0 Å². The fourth-order valence-electron chi connectivity index (χ4n) is 2.20. The van der Waals surface area contributed by atoms with E-state index in [9.17, 15) is 0 Å². The monoisotopic (exact) mass is 238 g/mol. The van der Waals surface area contributed by atoms with Gasteiger partial charge in [0, 0.05) is 6.04 Å². The number of halogens is 1. The van der Waals surface area contributed by atoms with Gasteiger partial charge in [0.05, 0.1) is 11.9 Å². The Labute approximate surface area is 102 Å². The predicted octanol–water partition coefficient (Wildman–Crippen LogP) is 3.89. The minimum absolute atomic E-state index is 0.596. The molecule has 1 aliphatic rings. The molecular weight excluding hydrogens is 220 g/mol. The number of nitrogens with zero attached hydrogens (tertiary/aromatic N) is 1. The molecule has 3 heteroatoms. The van der Waals surface area contributed by atoms with Gasteiger partial charge >= 0.3 is 0 Å². The van der Waals surface area contributed by atoms with Crippen molar-refractivity contribution in [2.75, 3.05) is 5.32 Å². The first-order valence-corrected chi connectivity index (χ1v) is 6.32. The summed E-state index contributed by atoms with van der Waals surface area (Å²) in [7, 11) is 0. The van der Waals surface area contributed by atoms with E-state index in [2.05, 4.69) is 30.2 Å². The molecule has 0 spiro atoms. The quantitative estimate of drug-likeness (QED) is 0.809. The van der Waals surface area contributed by atoms with Crippen molar-refractivity contribution in [3.63, 3.8) is 0 Å². The van der Waals surface area contributed by atoms with Crippen LogP contribution in [0.5, 0.6) is 0 Å². The molecule has 0 unspecified atom stereocenters. The van der Waals surface area contributed by atoms with E-state index in [1.807, 2.05) is 13.1 Å². The number of anilines is 1. The van der Waals surface area contributed by atoms with Crippen LogP contribution in [0.4, 0.5) is 5.69 Å². The molecule has 1 aliphatic carbocycles. The van der Waals surface area contributed by atoms with Crippen LogP contribution in [0.3, 0.4) is 0 Å². The highest BCUT2D eigenvalue weighted by Crippen LogP contribution is 2.35. The summed E-state index contributed by atoms with van der Waals surface area (Å²) in [6.45, 7) is 6.59. The summed E-state index contributed by atoms with van der Waals surface area (Å²) in [6, 6.07) is 2.69. The van der Waals surface area contributed by atoms with Crippen LogP contribution in [0.1, 0.15) is 32.3 Å². The van der Waals surface area contributed by atoms with Gasteiger partial charge in [-0.15, -0.1) is 0 Å². The van der Waals surface area contributed by atoms with Gasteiger partial charge in [-0.2, -0.15) is 0 Å². The van der Waals surface area contributed by atoms with Gasteiger partial charge in [-0.05, 0) is 43.2 Å². The summed E-state index contributed by atoms with van der Waals surface area (Å²) in [5, 5.41) is 4.11. The van der Waals surface area contributed by atoms with E-state index < -0.39 is 0 Å². The number of hydrogen-bond donors (Lipinski definition) is 1. The van der Waals surface area contributed by atoms with E-state index in [4.69, 9.17) is 11.6 Å². The van der Waals surface area contributed by atoms with Crippen molar-refractivity contribution in [1.82, 2.24) is 4.98 Å². The Morgan fingerprint density at radius 1 is 1.44 bits per heavy atom. The highest BCUT2D eigenvalue weighted by atomic mass is 35.5. The molecule has 0 aliphatic heterocycles. The Morgan fingerprint density at radius 2 is 2.12 bits per heavy atom. The van der Waals surface area contributed by atoms with Crippen LogP contribution in [-0.4, -0.2) is 11.0 Å². The van der Waals surface area contributed by atoms with Gasteiger partial charge in [0.1, 0.15) is 5.15 Å². The summed E-state index contributed by atoms with van der Waals surface area (Å²) in [5.41, 5.74) is 2.13. The normalized spacial score (nSPS) is 24.3. The van der Waals surface area contributed by atoms with Crippen LogP contribution in [0.15, 0.2) is 12.3 Å². The molecule has 1 fully saturated rings. The molecule has 1 saturated carbocycles. The lowest BCUT2D eigenvalue weighted by molar-refractivity contribution is 0.212. The van der Waals surface area contributed by atoms with Crippen LogP contribution < -0.4 is 5.32 Å². The number of aryl methyl sites for hydroxylation is 1. The molecule has 2 nitrogen and oxygen atoms in total. The lowest BCUT2D eigenvalue weighted by Crippen LogP contribution is -2.37. The molecule has 1 aromatic rings. The van der Waals surface area contributed by atoms with Crippen molar-refractivity contribution in [3.8, 4) is 0 Å². The fourth-order valence-corrected chi connectivity index (χ4v) is 2.30. The lowest BCUT2D eigenvalue weighted by atomic mass is 9.73. The first kappa shape index (κ1) is 11.7. The van der Waals surface area contributed by atoms with Crippen LogP contribution >= 0.6 is 11.6 Å². The SMILES string of the molecule is Cc1cc(NC2CC(C(C)C)C2)cnc1Cl. The average Bonchev–Trinajstić information content (AvgIpc) is 2.15. The maximum absolute atomic E-state index is 5.89. The van der Waals surface area contributed by atoms with Gasteiger partial charge in [0.25, 0.3) is 0 Å². The standard InChI is InChI=1S/C13H19ClN2/c1-8(2)10-5-11(6-10)16-12-4-9(3)13(14)15-7-12/h4,7-8,10-11,16H,5-6H2,1-3H3. The Morgan fingerprint density at radius 3 is 2.69 bits per heavy atom. The van der Waals surface area contributed by atoms with Crippen LogP contribution in [0.2, 0.25) is 5.15 Å². The Kier molecular flexibility index (Phi) is 3.38. The second kappa shape index (κ2) is 4.62. The summed E-state index contributed by atoms with van der Waals surface area (Å²) in [6.07, 6.45) is 4.37. The molecule has 0 saturated heterocycles. The van der Waals surface area contributed by atoms with Crippen molar-refractivity contribution >= 4 is 17.3 Å². The van der Waals surface area contributed by atoms with Gasteiger partial charge in [0.2, 0.25) is 0 Å². The van der Waals surface area contributed by atoms with Crippen molar-refractivity contribution < 1.29 is 0 Å². The maximum atomic E-state index is 5.89. The van der Waals surface area contributed by atoms with E-state index >= 15 is 0 Å². The largest absolute Gasteiger partial charge is 0.381 e. The van der Waals surface area contributed by atoms with Crippen LogP contribution in [0, 0.1) is 18.8 Å². The molecule has 1 heterocycles. The van der Waals surface area contributed by atoms with Gasteiger partial charge in [-0.25, -0.2) is 4.98 Å². The van der Waals surface area contributed by atoms with Crippen LogP contribution in [-0.2, 0) is 0 Å². The van der Waals surface area contributed by atoms with E-state index in [0.717, 1.165) is 23.1 Å². The second-order valence-corrected chi connectivity index (χ2v) is 5.51. The minimum atomic E-state index is 0.596. The maximum Gasteiger partial charge on any atom is 0.132 e. The summed E-state index contributed by atoms with van der Waals surface area (Å²) in [4.78, 5) is 4.15. The zero-order chi connectivity index (χ0) is 11.7. The highest BCUT2D eigenvalue weighted by Gasteiger charge is 2.30. The van der Waals surface area contributed by atoms with Gasteiger partial charge in [-0.3, -0.25) is 0 Å². The van der Waals surface area contributed by atoms with Crippen molar-refractivity contribution in [2.45, 2.75) is 39.7 Å². The molecule has 88 valence electrons. The predicted molar refractivity (Wildman–Crippen MR) is 69.0 cm³/mol. The molecule has 2 rings (SSSR count). The molecule has 0 aromatic carbocycles. The molecule has 16 heavy (non-hydrogen) atoms. The Bertz CT molecular complexity index is 370. The van der Waals surface area contributed by atoms with Crippen molar-refractivity contribution in [3.05, 3.63) is 23.0 Å². The fraction of sp³-hybridized carbons (Fsp3) is 0.615. The molecule has 0 bridgehead atoms. The smallest absolute Gasteiger partial charge is 0.132 e. The lowest BCUT2D eigenvalue weighted by Gasteiger charge is -2.39. The van der Waals surface area contributed by atoms with E-state index in [-0.39, 0.29) is 0 Å². The topological polar surface area (TPSA) is 24.9 Å². The third kappa shape index (κ3) is 2.49. The molecule has 0 radical (unpaired) electrons. The first-order chi connectivity index (χ1) is 7.56. The third-order valence-corrected chi connectivity index (χ3v) is 3.90. The highest BCUT2D eigenvalue weighted by molar-refractivity contribution is 6.30. The summed E-state index contributed by atoms with van der Waals surface area (Å²) >= 11 is 5.89. The Hall–Kier alpha value is -0.760. The van der Waals surface area contributed by atoms with E-state index in [0.29, 0.717) is 11.2 Å². The number of hydrogen-bond acceptors (Lipinski definition) is 2. The molecule has 0 amide bonds. The summed E-state index contributed by atoms with van der Waals surface area (Å²) < 4.78 is 0. The van der Waals surface area contributed by atoms with E-state index in [1.54, 1.807) is 0 Å². The van der Waals surface area contributed by atoms with Crippen molar-refractivity contribution in [2.24, 2.45) is 11.8 Å². The average molecular weight is 239 g/mol. The molecule has 0 atom stereocenters. The minimum Gasteiger partial charge on any atom is -0.381 e. The molecule has 1 N–H and O–H groups in total. The Balaban J connectivity index is 1.89. The first-order valence-electron chi connectivity index (χ1n) is 5.95. The molecular formula is C13H19ClN2. The number of nitrogens with one attached hydrogen (secondary N) is 1. The van der Waals surface area contributed by atoms with Gasteiger partial charge in [0.15, 0.2) is 0 Å². The van der Waals surface area contributed by atoms with Crippen molar-refractivity contribution in [1.29, 1.82) is 0 Å². The van der Waals surface area contributed by atoms with Gasteiger partial charge in [-0.1, -0.05) is 25.4 Å². The zero-order valence-corrected chi connectivity index (χ0v) is 10.9. The second-order valence-electron chi connectivity index (χ2n) is 5.15. The number of pyridine rings is 1. The van der Waals surface area contributed by atoms with Gasteiger partial charge < -0.3 is 5.32 Å². The third-order valence-electron chi connectivity index (χ3n) is 3.50. The zero-order valence-electron chi connectivity index (χ0n) is 10.1. The molecule has 1 aromatic heterocycles. The summed E-state index contributed by atoms with van der Waals surface area (Å²) in [5.74, 6) is 1.70. The number of rotatable bonds is 3. The number of aromatic nitrogens is 1.